The van der Waals surface area contributed by atoms with Gasteiger partial charge in [0.05, 0.1) is 5.71 Å². The summed E-state index contributed by atoms with van der Waals surface area (Å²) in [6.07, 6.45) is 8.15. The number of fused-ring (bicyclic) bond motifs is 1. The Morgan fingerprint density at radius 2 is 2.07 bits per heavy atom. The maximum absolute atomic E-state index is 4.60. The Labute approximate surface area is 90.9 Å². The Hall–Kier alpha value is -1.38. The molecule has 2 rings (SSSR count). The summed E-state index contributed by atoms with van der Waals surface area (Å²) in [6, 6.07) is 0. The Kier molecular flexibility index (Phi) is 2.25. The van der Waals surface area contributed by atoms with Crippen molar-refractivity contribution in [2.45, 2.75) is 33.9 Å². The summed E-state index contributed by atoms with van der Waals surface area (Å²) in [6.45, 7) is 8.53. The molecule has 1 atom stereocenters. The molecule has 0 amide bonds. The third-order valence-electron chi connectivity index (χ3n) is 2.46. The third kappa shape index (κ3) is 2.01. The van der Waals surface area contributed by atoms with E-state index in [2.05, 4.69) is 43.0 Å². The molecule has 0 spiro atoms. The van der Waals surface area contributed by atoms with E-state index in [1.54, 1.807) is 0 Å². The summed E-state index contributed by atoms with van der Waals surface area (Å²) in [7, 11) is 0. The van der Waals surface area contributed by atoms with Crippen molar-refractivity contribution in [2.24, 2.45) is 15.5 Å². The number of hydrogen-bond acceptors (Lipinski definition) is 3. The molecule has 3 nitrogen and oxygen atoms in total. The summed E-state index contributed by atoms with van der Waals surface area (Å²) in [5.74, 6) is 0. The predicted octanol–water partition coefficient (Wildman–Crippen LogP) is 2.57. The van der Waals surface area contributed by atoms with E-state index in [1.807, 2.05) is 24.3 Å². The van der Waals surface area contributed by atoms with Crippen LogP contribution in [-0.4, -0.2) is 23.1 Å². The Bertz CT molecular complexity index is 380. The molecule has 0 saturated carbocycles. The van der Waals surface area contributed by atoms with Crippen molar-refractivity contribution in [3.63, 3.8) is 0 Å². The van der Waals surface area contributed by atoms with Gasteiger partial charge >= 0.3 is 0 Å². The number of aliphatic imine (C=N–C) groups is 1. The summed E-state index contributed by atoms with van der Waals surface area (Å²) < 4.78 is 0. The van der Waals surface area contributed by atoms with Crippen molar-refractivity contribution >= 4 is 11.9 Å². The van der Waals surface area contributed by atoms with Crippen LogP contribution in [0.2, 0.25) is 0 Å². The first-order chi connectivity index (χ1) is 6.97. The first-order valence-electron chi connectivity index (χ1n) is 5.24. The standard InChI is InChI=1S/C12H17N3/c1-9-7-13-11-6-5-10(12(2,3)4)14-15(11)8-9/h5-8,11H,1-4H3. The lowest BCUT2D eigenvalue weighted by Gasteiger charge is -2.31. The minimum Gasteiger partial charge on any atom is -0.262 e. The van der Waals surface area contributed by atoms with E-state index in [0.29, 0.717) is 0 Å². The number of hydrogen-bond donors (Lipinski definition) is 0. The van der Waals surface area contributed by atoms with Crippen LogP contribution in [0.4, 0.5) is 0 Å². The molecule has 2 aliphatic heterocycles. The van der Waals surface area contributed by atoms with Crippen molar-refractivity contribution in [2.75, 3.05) is 0 Å². The van der Waals surface area contributed by atoms with Gasteiger partial charge in [0.1, 0.15) is 0 Å². The van der Waals surface area contributed by atoms with Crippen LogP contribution < -0.4 is 0 Å². The van der Waals surface area contributed by atoms with Crippen LogP contribution in [0.25, 0.3) is 0 Å². The van der Waals surface area contributed by atoms with Crippen LogP contribution in [0.1, 0.15) is 27.7 Å². The molecule has 0 aromatic carbocycles. The molecule has 0 aliphatic carbocycles. The van der Waals surface area contributed by atoms with Gasteiger partial charge in [-0.15, -0.1) is 0 Å². The van der Waals surface area contributed by atoms with Gasteiger partial charge in [0, 0.05) is 17.8 Å². The van der Waals surface area contributed by atoms with E-state index in [9.17, 15) is 0 Å². The number of allylic oxidation sites excluding steroid dienone is 2. The maximum atomic E-state index is 4.60. The van der Waals surface area contributed by atoms with Crippen LogP contribution in [0.5, 0.6) is 0 Å². The van der Waals surface area contributed by atoms with E-state index in [4.69, 9.17) is 0 Å². The second kappa shape index (κ2) is 3.33. The highest BCUT2D eigenvalue weighted by molar-refractivity contribution is 5.99. The van der Waals surface area contributed by atoms with Crippen molar-refractivity contribution in [3.05, 3.63) is 23.9 Å². The molecule has 0 aromatic heterocycles. The molecule has 0 aromatic rings. The molecule has 15 heavy (non-hydrogen) atoms. The number of hydrazone groups is 1. The second-order valence-electron chi connectivity index (χ2n) is 5.04. The van der Waals surface area contributed by atoms with E-state index in [0.717, 1.165) is 11.3 Å². The van der Waals surface area contributed by atoms with Gasteiger partial charge in [0.2, 0.25) is 0 Å². The quantitative estimate of drug-likeness (QED) is 0.594. The van der Waals surface area contributed by atoms with Gasteiger partial charge in [0.15, 0.2) is 6.17 Å². The normalized spacial score (nSPS) is 24.8. The largest absolute Gasteiger partial charge is 0.262 e. The molecular formula is C12H17N3. The first kappa shape index (κ1) is 10.1. The Morgan fingerprint density at radius 3 is 2.73 bits per heavy atom. The molecular weight excluding hydrogens is 186 g/mol. The zero-order chi connectivity index (χ0) is 11.1. The maximum Gasteiger partial charge on any atom is 0.160 e. The van der Waals surface area contributed by atoms with Gasteiger partial charge in [-0.1, -0.05) is 20.8 Å². The lowest BCUT2D eigenvalue weighted by Crippen LogP contribution is -2.33. The third-order valence-corrected chi connectivity index (χ3v) is 2.46. The summed E-state index contributed by atoms with van der Waals surface area (Å²) in [5, 5.41) is 6.53. The molecule has 1 unspecified atom stereocenters. The fraction of sp³-hybridized carbons (Fsp3) is 0.500. The fourth-order valence-corrected chi connectivity index (χ4v) is 1.54. The van der Waals surface area contributed by atoms with Crippen molar-refractivity contribution in [1.29, 1.82) is 0 Å². The smallest absolute Gasteiger partial charge is 0.160 e. The summed E-state index contributed by atoms with van der Waals surface area (Å²) in [5.41, 5.74) is 2.32. The van der Waals surface area contributed by atoms with Gasteiger partial charge in [0.25, 0.3) is 0 Å². The number of nitrogens with zero attached hydrogens (tertiary/aromatic N) is 3. The SMILES string of the molecule is CC1=CN2N=C(C(C)(C)C)C=CC2N=C1. The van der Waals surface area contributed by atoms with Crippen LogP contribution in [0, 0.1) is 5.41 Å². The highest BCUT2D eigenvalue weighted by atomic mass is 15.5. The van der Waals surface area contributed by atoms with Crippen LogP contribution in [-0.2, 0) is 0 Å². The minimum atomic E-state index is 0.0554. The second-order valence-corrected chi connectivity index (χ2v) is 5.04. The average molecular weight is 203 g/mol. The lowest BCUT2D eigenvalue weighted by molar-refractivity contribution is 0.329. The molecule has 2 aliphatic rings. The predicted molar refractivity (Wildman–Crippen MR) is 63.9 cm³/mol. The van der Waals surface area contributed by atoms with Crippen molar-refractivity contribution in [1.82, 2.24) is 5.01 Å². The molecule has 0 saturated heterocycles. The van der Waals surface area contributed by atoms with E-state index < -0.39 is 0 Å². The molecule has 0 radical (unpaired) electrons. The van der Waals surface area contributed by atoms with Crippen LogP contribution in [0.15, 0.2) is 34.0 Å². The summed E-state index contributed by atoms with van der Waals surface area (Å²) in [4.78, 5) is 4.39. The Morgan fingerprint density at radius 1 is 1.33 bits per heavy atom. The van der Waals surface area contributed by atoms with Crippen molar-refractivity contribution < 1.29 is 0 Å². The van der Waals surface area contributed by atoms with E-state index in [-0.39, 0.29) is 11.6 Å². The minimum absolute atomic E-state index is 0.0554. The van der Waals surface area contributed by atoms with E-state index in [1.165, 1.54) is 0 Å². The van der Waals surface area contributed by atoms with Crippen LogP contribution in [0.3, 0.4) is 0 Å². The monoisotopic (exact) mass is 203 g/mol. The highest BCUT2D eigenvalue weighted by Crippen LogP contribution is 2.24. The van der Waals surface area contributed by atoms with Crippen LogP contribution >= 0.6 is 0 Å². The zero-order valence-corrected chi connectivity index (χ0v) is 9.73. The Balaban J connectivity index is 2.29. The molecule has 0 N–H and O–H groups in total. The van der Waals surface area contributed by atoms with Gasteiger partial charge < -0.3 is 0 Å². The van der Waals surface area contributed by atoms with Gasteiger partial charge in [-0.2, -0.15) is 5.10 Å². The first-order valence-corrected chi connectivity index (χ1v) is 5.24. The lowest BCUT2D eigenvalue weighted by atomic mass is 9.89. The molecule has 80 valence electrons. The van der Waals surface area contributed by atoms with E-state index >= 15 is 0 Å². The summed E-state index contributed by atoms with van der Waals surface area (Å²) >= 11 is 0. The molecule has 2 heterocycles. The fourth-order valence-electron chi connectivity index (χ4n) is 1.54. The molecule has 0 fully saturated rings. The molecule has 0 bridgehead atoms. The van der Waals surface area contributed by atoms with Gasteiger partial charge in [-0.05, 0) is 24.6 Å². The highest BCUT2D eigenvalue weighted by Gasteiger charge is 2.24. The average Bonchev–Trinajstić information content (AvgIpc) is 2.15. The molecule has 3 heteroatoms. The van der Waals surface area contributed by atoms with Crippen molar-refractivity contribution in [3.8, 4) is 0 Å². The van der Waals surface area contributed by atoms with Gasteiger partial charge in [-0.3, -0.25) is 4.99 Å². The topological polar surface area (TPSA) is 28.0 Å². The zero-order valence-electron chi connectivity index (χ0n) is 9.73. The number of rotatable bonds is 0. The van der Waals surface area contributed by atoms with Gasteiger partial charge in [-0.25, -0.2) is 5.01 Å².